The zero-order valence-electron chi connectivity index (χ0n) is 11.4. The molecule has 0 saturated carbocycles. The standard InChI is InChI=1S/C16H12Br4N2/c17-9-15(11-1-5-13(19)6-2-11)21-22-16(10-18)12-3-7-14(20)8-4-12/h1-8H,9-10H2/b21-15-,22-16+. The summed E-state index contributed by atoms with van der Waals surface area (Å²) in [7, 11) is 0. The maximum absolute atomic E-state index is 4.41. The molecule has 0 radical (unpaired) electrons. The van der Waals surface area contributed by atoms with Gasteiger partial charge in [0.25, 0.3) is 0 Å². The Hall–Kier alpha value is -0.300. The van der Waals surface area contributed by atoms with Crippen molar-refractivity contribution in [1.29, 1.82) is 0 Å². The van der Waals surface area contributed by atoms with Gasteiger partial charge in [-0.05, 0) is 35.4 Å². The minimum absolute atomic E-state index is 0.647. The van der Waals surface area contributed by atoms with E-state index >= 15 is 0 Å². The van der Waals surface area contributed by atoms with Crippen LogP contribution in [0.4, 0.5) is 0 Å². The highest BCUT2D eigenvalue weighted by atomic mass is 79.9. The molecule has 114 valence electrons. The van der Waals surface area contributed by atoms with Crippen LogP contribution in [-0.2, 0) is 0 Å². The van der Waals surface area contributed by atoms with Crippen LogP contribution in [-0.4, -0.2) is 22.1 Å². The van der Waals surface area contributed by atoms with Gasteiger partial charge in [0.15, 0.2) is 0 Å². The van der Waals surface area contributed by atoms with E-state index in [1.807, 2.05) is 48.5 Å². The number of hydrogen-bond acceptors (Lipinski definition) is 2. The maximum atomic E-state index is 4.41. The Bertz CT molecular complexity index is 615. The molecule has 0 saturated heterocycles. The van der Waals surface area contributed by atoms with Gasteiger partial charge in [-0.15, -0.1) is 0 Å². The Labute approximate surface area is 163 Å². The fourth-order valence-corrected chi connectivity index (χ4v) is 3.13. The van der Waals surface area contributed by atoms with Crippen molar-refractivity contribution in [2.75, 3.05) is 10.7 Å². The van der Waals surface area contributed by atoms with Gasteiger partial charge in [-0.1, -0.05) is 88.0 Å². The van der Waals surface area contributed by atoms with Gasteiger partial charge in [-0.25, -0.2) is 0 Å². The Morgan fingerprint density at radius 1 is 0.636 bits per heavy atom. The minimum atomic E-state index is 0.647. The smallest absolute Gasteiger partial charge is 0.0808 e. The second-order valence-corrected chi connectivity index (χ2v) is 7.33. The fraction of sp³-hybridized carbons (Fsp3) is 0.125. The van der Waals surface area contributed by atoms with E-state index in [1.165, 1.54) is 0 Å². The molecule has 0 fully saturated rings. The van der Waals surface area contributed by atoms with E-state index in [1.54, 1.807) is 0 Å². The summed E-state index contributed by atoms with van der Waals surface area (Å²) in [5, 5.41) is 10.1. The van der Waals surface area contributed by atoms with Crippen LogP contribution in [0.5, 0.6) is 0 Å². The molecule has 6 heteroatoms. The molecule has 0 aliphatic carbocycles. The van der Waals surface area contributed by atoms with Gasteiger partial charge in [0.05, 0.1) is 11.4 Å². The van der Waals surface area contributed by atoms with Gasteiger partial charge < -0.3 is 0 Å². The van der Waals surface area contributed by atoms with Crippen molar-refractivity contribution in [2.45, 2.75) is 0 Å². The molecule has 0 atom stereocenters. The molecule has 0 amide bonds. The lowest BCUT2D eigenvalue weighted by Crippen LogP contribution is -2.05. The van der Waals surface area contributed by atoms with E-state index in [-0.39, 0.29) is 0 Å². The first-order valence-corrected chi connectivity index (χ1v) is 10.2. The molecule has 0 aliphatic rings. The molecule has 0 N–H and O–H groups in total. The van der Waals surface area contributed by atoms with Crippen molar-refractivity contribution in [1.82, 2.24) is 0 Å². The van der Waals surface area contributed by atoms with Gasteiger partial charge in [0, 0.05) is 19.6 Å². The number of halogens is 4. The molecule has 0 aromatic heterocycles. The summed E-state index contributed by atoms with van der Waals surface area (Å²) in [5.41, 5.74) is 3.88. The van der Waals surface area contributed by atoms with E-state index in [0.29, 0.717) is 10.7 Å². The molecule has 0 spiro atoms. The average molecular weight is 552 g/mol. The van der Waals surface area contributed by atoms with Crippen LogP contribution in [0.2, 0.25) is 0 Å². The number of rotatable bonds is 5. The lowest BCUT2D eigenvalue weighted by Gasteiger charge is -2.04. The van der Waals surface area contributed by atoms with Crippen LogP contribution in [0.25, 0.3) is 0 Å². The summed E-state index contributed by atoms with van der Waals surface area (Å²) >= 11 is 13.8. The van der Waals surface area contributed by atoms with Crippen molar-refractivity contribution >= 4 is 75.1 Å². The zero-order chi connectivity index (χ0) is 15.9. The Morgan fingerprint density at radius 2 is 0.955 bits per heavy atom. The van der Waals surface area contributed by atoms with Gasteiger partial charge >= 0.3 is 0 Å². The topological polar surface area (TPSA) is 24.7 Å². The van der Waals surface area contributed by atoms with E-state index in [4.69, 9.17) is 0 Å². The van der Waals surface area contributed by atoms with Crippen molar-refractivity contribution in [3.05, 3.63) is 68.6 Å². The highest BCUT2D eigenvalue weighted by Gasteiger charge is 2.04. The molecule has 22 heavy (non-hydrogen) atoms. The van der Waals surface area contributed by atoms with E-state index in [0.717, 1.165) is 31.5 Å². The monoisotopic (exact) mass is 548 g/mol. The van der Waals surface area contributed by atoms with Gasteiger partial charge in [0.1, 0.15) is 0 Å². The molecular weight excluding hydrogens is 540 g/mol. The van der Waals surface area contributed by atoms with Crippen LogP contribution in [0.3, 0.4) is 0 Å². The second kappa shape index (κ2) is 9.11. The predicted octanol–water partition coefficient (Wildman–Crippen LogP) is 6.19. The van der Waals surface area contributed by atoms with Crippen LogP contribution in [0.15, 0.2) is 67.7 Å². The number of nitrogens with zero attached hydrogens (tertiary/aromatic N) is 2. The summed E-state index contributed by atoms with van der Waals surface area (Å²) in [4.78, 5) is 0. The van der Waals surface area contributed by atoms with Crippen molar-refractivity contribution in [2.24, 2.45) is 10.2 Å². The number of alkyl halides is 2. The molecule has 2 aromatic carbocycles. The summed E-state index contributed by atoms with van der Waals surface area (Å²) in [6, 6.07) is 16.1. The molecule has 2 rings (SSSR count). The SMILES string of the molecule is BrC/C(=N\N=C(\CBr)c1ccc(Br)cc1)c1ccc(Br)cc1. The Morgan fingerprint density at radius 3 is 1.23 bits per heavy atom. The van der Waals surface area contributed by atoms with Gasteiger partial charge in [0.2, 0.25) is 0 Å². The van der Waals surface area contributed by atoms with E-state index in [9.17, 15) is 0 Å². The Kier molecular flexibility index (Phi) is 7.47. The highest BCUT2D eigenvalue weighted by molar-refractivity contribution is 9.11. The highest BCUT2D eigenvalue weighted by Crippen LogP contribution is 2.14. The van der Waals surface area contributed by atoms with Crippen molar-refractivity contribution in [3.8, 4) is 0 Å². The lowest BCUT2D eigenvalue weighted by molar-refractivity contribution is 1.22. The average Bonchev–Trinajstić information content (AvgIpc) is 2.54. The number of hydrogen-bond donors (Lipinski definition) is 0. The van der Waals surface area contributed by atoms with Crippen LogP contribution in [0, 0.1) is 0 Å². The van der Waals surface area contributed by atoms with Crippen LogP contribution < -0.4 is 0 Å². The maximum Gasteiger partial charge on any atom is 0.0808 e. The summed E-state index contributed by atoms with van der Waals surface area (Å²) < 4.78 is 2.09. The third kappa shape index (κ3) is 5.11. The molecule has 2 nitrogen and oxygen atoms in total. The van der Waals surface area contributed by atoms with E-state index in [2.05, 4.69) is 73.9 Å². The molecular formula is C16H12Br4N2. The summed E-state index contributed by atoms with van der Waals surface area (Å²) in [6.07, 6.45) is 0. The number of benzene rings is 2. The van der Waals surface area contributed by atoms with Crippen molar-refractivity contribution in [3.63, 3.8) is 0 Å². The van der Waals surface area contributed by atoms with E-state index < -0.39 is 0 Å². The first kappa shape index (κ1) is 18.0. The quantitative estimate of drug-likeness (QED) is 0.240. The molecule has 0 unspecified atom stereocenters. The van der Waals surface area contributed by atoms with Crippen LogP contribution in [0.1, 0.15) is 11.1 Å². The third-order valence-corrected chi connectivity index (χ3v) is 5.02. The summed E-state index contributed by atoms with van der Waals surface area (Å²) in [6.45, 7) is 0. The fourth-order valence-electron chi connectivity index (χ4n) is 1.73. The normalized spacial score (nSPS) is 12.5. The molecule has 0 aliphatic heterocycles. The molecule has 0 bridgehead atoms. The van der Waals surface area contributed by atoms with Gasteiger partial charge in [-0.2, -0.15) is 10.2 Å². The lowest BCUT2D eigenvalue weighted by atomic mass is 10.1. The largest absolute Gasteiger partial charge is 0.154 e. The molecule has 2 aromatic rings. The van der Waals surface area contributed by atoms with Crippen molar-refractivity contribution < 1.29 is 0 Å². The van der Waals surface area contributed by atoms with Gasteiger partial charge in [-0.3, -0.25) is 0 Å². The zero-order valence-corrected chi connectivity index (χ0v) is 17.8. The first-order valence-electron chi connectivity index (χ1n) is 6.41. The second-order valence-electron chi connectivity index (χ2n) is 4.37. The Balaban J connectivity index is 2.31. The van der Waals surface area contributed by atoms with Crippen LogP contribution >= 0.6 is 63.7 Å². The summed E-state index contributed by atoms with van der Waals surface area (Å²) in [5.74, 6) is 0. The predicted molar refractivity (Wildman–Crippen MR) is 109 cm³/mol. The minimum Gasteiger partial charge on any atom is -0.154 e. The first-order chi connectivity index (χ1) is 10.6. The third-order valence-electron chi connectivity index (χ3n) is 2.90. The molecule has 0 heterocycles.